The number of halogens is 4. The van der Waals surface area contributed by atoms with Crippen LogP contribution in [0.2, 0.25) is 5.15 Å². The maximum atomic E-state index is 12.6. The zero-order valence-corrected chi connectivity index (χ0v) is 6.48. The Hall–Kier alpha value is -1.37. The van der Waals surface area contributed by atoms with E-state index in [1.54, 1.807) is 0 Å². The van der Waals surface area contributed by atoms with Gasteiger partial charge in [0.1, 0.15) is 0 Å². The molecule has 0 spiro atoms. The Bertz CT molecular complexity index is 337. The number of nitrogens with zero attached hydrogens (tertiary/aromatic N) is 2. The molecule has 0 radical (unpaired) electrons. The molecule has 8 heteroatoms. The number of ether oxygens (including phenoxy) is 1. The molecule has 0 aromatic carbocycles. The summed E-state index contributed by atoms with van der Waals surface area (Å²) in [6, 6.07) is 0. The minimum absolute atomic E-state index is 0.823. The average molecular weight is 213 g/mol. The SMILES string of the molecule is O=C(F)Oc1c(F)nc(F)nc1Cl. The Morgan fingerprint density at radius 2 is 2.00 bits per heavy atom. The Morgan fingerprint density at radius 1 is 1.38 bits per heavy atom. The molecule has 0 unspecified atom stereocenters. The molecule has 0 aliphatic carbocycles. The van der Waals surface area contributed by atoms with Crippen molar-refractivity contribution in [2.45, 2.75) is 0 Å². The minimum atomic E-state index is -2.30. The molecule has 0 fully saturated rings. The maximum absolute atomic E-state index is 12.6. The van der Waals surface area contributed by atoms with Crippen LogP contribution in [-0.4, -0.2) is 16.2 Å². The zero-order valence-electron chi connectivity index (χ0n) is 5.72. The molecular weight excluding hydrogens is 213 g/mol. The standard InChI is InChI=1S/C5ClF3N2O2/c6-2-1(13-5(9)12)3(7)11-4(8)10-2. The largest absolute Gasteiger partial charge is 0.501 e. The van der Waals surface area contributed by atoms with E-state index >= 15 is 0 Å². The van der Waals surface area contributed by atoms with E-state index in [9.17, 15) is 18.0 Å². The summed E-state index contributed by atoms with van der Waals surface area (Å²) in [6.07, 6.45) is -3.74. The number of aromatic nitrogens is 2. The molecule has 1 aromatic heterocycles. The van der Waals surface area contributed by atoms with Crippen molar-refractivity contribution in [2.24, 2.45) is 0 Å². The lowest BCUT2D eigenvalue weighted by Crippen LogP contribution is -2.04. The molecule has 0 amide bonds. The summed E-state index contributed by atoms with van der Waals surface area (Å²) in [4.78, 5) is 15.0. The fourth-order valence-electron chi connectivity index (χ4n) is 0.538. The molecule has 0 N–H and O–H groups in total. The lowest BCUT2D eigenvalue weighted by atomic mass is 10.6. The van der Waals surface area contributed by atoms with Crippen molar-refractivity contribution < 1.29 is 22.7 Å². The smallest absolute Gasteiger partial charge is 0.393 e. The van der Waals surface area contributed by atoms with Gasteiger partial charge in [0.05, 0.1) is 0 Å². The molecule has 1 heterocycles. The number of rotatable bonds is 1. The van der Waals surface area contributed by atoms with Crippen molar-refractivity contribution in [1.82, 2.24) is 9.97 Å². The van der Waals surface area contributed by atoms with Crippen molar-refractivity contribution >= 4 is 17.8 Å². The average Bonchev–Trinajstić information content (AvgIpc) is 1.96. The van der Waals surface area contributed by atoms with Gasteiger partial charge in [0.2, 0.25) is 5.75 Å². The van der Waals surface area contributed by atoms with Crippen LogP contribution in [0, 0.1) is 12.0 Å². The molecule has 0 bridgehead atoms. The van der Waals surface area contributed by atoms with Gasteiger partial charge in [0.25, 0.3) is 5.95 Å². The van der Waals surface area contributed by atoms with Crippen LogP contribution in [0.4, 0.5) is 18.0 Å². The monoisotopic (exact) mass is 212 g/mol. The van der Waals surface area contributed by atoms with Crippen LogP contribution in [0.15, 0.2) is 0 Å². The van der Waals surface area contributed by atoms with Crippen molar-refractivity contribution in [1.29, 1.82) is 0 Å². The van der Waals surface area contributed by atoms with Crippen molar-refractivity contribution in [3.63, 3.8) is 0 Å². The van der Waals surface area contributed by atoms with Gasteiger partial charge in [0, 0.05) is 0 Å². The first-order valence-corrected chi connectivity index (χ1v) is 3.14. The van der Waals surface area contributed by atoms with E-state index in [2.05, 4.69) is 14.7 Å². The molecule has 0 aliphatic rings. The quantitative estimate of drug-likeness (QED) is 0.405. The van der Waals surface area contributed by atoms with Gasteiger partial charge in [-0.2, -0.15) is 18.7 Å². The number of hydrogen-bond acceptors (Lipinski definition) is 4. The van der Waals surface area contributed by atoms with Gasteiger partial charge in [-0.05, 0) is 0 Å². The van der Waals surface area contributed by atoms with E-state index in [1.165, 1.54) is 0 Å². The third kappa shape index (κ3) is 2.28. The van der Waals surface area contributed by atoms with Crippen molar-refractivity contribution in [3.8, 4) is 5.75 Å². The van der Waals surface area contributed by atoms with Crippen LogP contribution in [0.1, 0.15) is 0 Å². The van der Waals surface area contributed by atoms with Crippen molar-refractivity contribution in [3.05, 3.63) is 17.2 Å². The summed E-state index contributed by atoms with van der Waals surface area (Å²) >= 11 is 5.10. The first-order valence-electron chi connectivity index (χ1n) is 2.76. The Labute approximate surface area is 74.3 Å². The summed E-state index contributed by atoms with van der Waals surface area (Å²) in [5.74, 6) is -2.60. The summed E-state index contributed by atoms with van der Waals surface area (Å²) in [5, 5.41) is -0.823. The second-order valence-corrected chi connectivity index (χ2v) is 2.10. The highest BCUT2D eigenvalue weighted by atomic mass is 35.5. The molecule has 1 aromatic rings. The molecule has 0 saturated carbocycles. The van der Waals surface area contributed by atoms with E-state index in [-0.39, 0.29) is 0 Å². The number of carbonyl (C=O) groups excluding carboxylic acids is 1. The third-order valence-electron chi connectivity index (χ3n) is 0.938. The lowest BCUT2D eigenvalue weighted by molar-refractivity contribution is 0.172. The Morgan fingerprint density at radius 3 is 2.46 bits per heavy atom. The van der Waals surface area contributed by atoms with Gasteiger partial charge in [-0.25, -0.2) is 4.79 Å². The normalized spacial score (nSPS) is 9.85. The van der Waals surface area contributed by atoms with Crippen LogP contribution < -0.4 is 4.74 Å². The molecular formula is C5ClF3N2O2. The number of hydrogen-bond donors (Lipinski definition) is 0. The Kier molecular flexibility index (Phi) is 2.66. The number of carbonyl (C=O) groups is 1. The van der Waals surface area contributed by atoms with Gasteiger partial charge in [0.15, 0.2) is 5.15 Å². The highest BCUT2D eigenvalue weighted by molar-refractivity contribution is 6.30. The van der Waals surface area contributed by atoms with Crippen LogP contribution in [-0.2, 0) is 0 Å². The van der Waals surface area contributed by atoms with E-state index in [4.69, 9.17) is 11.6 Å². The lowest BCUT2D eigenvalue weighted by Gasteiger charge is -2.00. The summed E-state index contributed by atoms with van der Waals surface area (Å²) in [7, 11) is 0. The van der Waals surface area contributed by atoms with E-state index in [0.29, 0.717) is 0 Å². The minimum Gasteiger partial charge on any atom is -0.393 e. The molecule has 13 heavy (non-hydrogen) atoms. The van der Waals surface area contributed by atoms with Crippen LogP contribution in [0.5, 0.6) is 5.75 Å². The zero-order chi connectivity index (χ0) is 10.0. The van der Waals surface area contributed by atoms with Crippen molar-refractivity contribution in [2.75, 3.05) is 0 Å². The third-order valence-corrected chi connectivity index (χ3v) is 1.19. The van der Waals surface area contributed by atoms with E-state index in [1.807, 2.05) is 0 Å². The molecule has 4 nitrogen and oxygen atoms in total. The first kappa shape index (κ1) is 9.72. The fraction of sp³-hybridized carbons (Fsp3) is 0. The Balaban J connectivity index is 3.13. The van der Waals surface area contributed by atoms with Gasteiger partial charge >= 0.3 is 12.3 Å². The molecule has 0 saturated heterocycles. The van der Waals surface area contributed by atoms with Gasteiger partial charge in [-0.15, -0.1) is 4.39 Å². The summed E-state index contributed by atoms with van der Waals surface area (Å²) in [5.41, 5.74) is 0. The fourth-order valence-corrected chi connectivity index (χ4v) is 0.724. The summed E-state index contributed by atoms with van der Waals surface area (Å²) < 4.78 is 40.0. The van der Waals surface area contributed by atoms with E-state index < -0.39 is 29.2 Å². The predicted molar refractivity (Wildman–Crippen MR) is 34.1 cm³/mol. The first-order chi connectivity index (χ1) is 6.00. The summed E-state index contributed by atoms with van der Waals surface area (Å²) in [6.45, 7) is 0. The van der Waals surface area contributed by atoms with Gasteiger partial charge < -0.3 is 4.74 Å². The highest BCUT2D eigenvalue weighted by Crippen LogP contribution is 2.24. The van der Waals surface area contributed by atoms with Crippen LogP contribution in [0.25, 0.3) is 0 Å². The maximum Gasteiger partial charge on any atom is 0.501 e. The van der Waals surface area contributed by atoms with Crippen LogP contribution in [0.3, 0.4) is 0 Å². The predicted octanol–water partition coefficient (Wildman–Crippen LogP) is 1.88. The van der Waals surface area contributed by atoms with Crippen LogP contribution >= 0.6 is 11.6 Å². The molecule has 0 aliphatic heterocycles. The molecule has 70 valence electrons. The molecule has 0 atom stereocenters. The second-order valence-electron chi connectivity index (χ2n) is 1.74. The molecule has 1 rings (SSSR count). The van der Waals surface area contributed by atoms with E-state index in [0.717, 1.165) is 0 Å². The van der Waals surface area contributed by atoms with Gasteiger partial charge in [-0.3, -0.25) is 0 Å². The highest BCUT2D eigenvalue weighted by Gasteiger charge is 2.17. The topological polar surface area (TPSA) is 52.1 Å². The second kappa shape index (κ2) is 3.56. The van der Waals surface area contributed by atoms with Gasteiger partial charge in [-0.1, -0.05) is 11.6 Å².